The lowest BCUT2D eigenvalue weighted by molar-refractivity contribution is -0.599. The minimum Gasteiger partial charge on any atom is -1.00 e. The van der Waals surface area contributed by atoms with E-state index < -0.39 is 0 Å². The predicted molar refractivity (Wildman–Crippen MR) is 81.1 cm³/mol. The van der Waals surface area contributed by atoms with E-state index in [9.17, 15) is 0 Å². The Balaban J connectivity index is 0.00000162. The fraction of sp³-hybridized carbons (Fsp3) is 0. The molecule has 6 heteroatoms. The van der Waals surface area contributed by atoms with Gasteiger partial charge in [-0.2, -0.15) is 0 Å². The van der Waals surface area contributed by atoms with Crippen molar-refractivity contribution in [3.8, 4) is 0 Å². The first-order valence-electron chi connectivity index (χ1n) is 4.61. The van der Waals surface area contributed by atoms with Crippen LogP contribution in [0.15, 0.2) is 54.3 Å². The van der Waals surface area contributed by atoms with Gasteiger partial charge in [-0.3, -0.25) is 0 Å². The van der Waals surface area contributed by atoms with E-state index in [1.807, 2.05) is 0 Å². The van der Waals surface area contributed by atoms with Crippen LogP contribution in [0, 0.1) is 7.14 Å². The lowest BCUT2D eigenvalue weighted by atomic mass is 10.4. The van der Waals surface area contributed by atoms with Crippen LogP contribution in [-0.4, -0.2) is 0 Å². The summed E-state index contributed by atoms with van der Waals surface area (Å²) in [5, 5.41) is 0. The molecule has 2 aromatic carbocycles. The Morgan fingerprint density at radius 3 is 1.39 bits per heavy atom. The van der Waals surface area contributed by atoms with Crippen LogP contribution in [0.25, 0.3) is 0 Å². The van der Waals surface area contributed by atoms with Gasteiger partial charge in [0.25, 0.3) is 0 Å². The minimum absolute atomic E-state index is 0. The zero-order valence-electron chi connectivity index (χ0n) is 8.73. The van der Waals surface area contributed by atoms with Crippen LogP contribution in [0.3, 0.4) is 0 Å². The van der Waals surface area contributed by atoms with Gasteiger partial charge in [0.05, 0.1) is 8.95 Å². The van der Waals surface area contributed by atoms with Crippen LogP contribution in [0.4, 0.5) is 0 Å². The second-order valence-corrected chi connectivity index (χ2v) is 9.62. The molecule has 18 heavy (non-hydrogen) atoms. The summed E-state index contributed by atoms with van der Waals surface area (Å²) in [5.41, 5.74) is 0. The van der Waals surface area contributed by atoms with Gasteiger partial charge < -0.3 is 24.0 Å². The molecule has 0 spiro atoms. The lowest BCUT2D eigenvalue weighted by Gasteiger charge is -1.95. The third-order valence-electron chi connectivity index (χ3n) is 1.97. The molecule has 0 atom stereocenters. The highest BCUT2D eigenvalue weighted by atomic mass is 127. The summed E-state index contributed by atoms with van der Waals surface area (Å²) in [7, 11) is 0. The molecule has 96 valence electrons. The molecule has 0 aliphatic heterocycles. The molecule has 0 nitrogen and oxygen atoms in total. The van der Waals surface area contributed by atoms with Crippen molar-refractivity contribution in [2.24, 2.45) is 0 Å². The number of halogens is 6. The van der Waals surface area contributed by atoms with Crippen molar-refractivity contribution in [1.29, 1.82) is 0 Å². The second kappa shape index (κ2) is 8.31. The van der Waals surface area contributed by atoms with E-state index >= 15 is 0 Å². The van der Waals surface area contributed by atoms with Gasteiger partial charge >= 0.3 is 21.2 Å². The first kappa shape index (κ1) is 17.9. The quantitative estimate of drug-likeness (QED) is 0.300. The van der Waals surface area contributed by atoms with Crippen molar-refractivity contribution in [2.45, 2.75) is 0 Å². The molecule has 0 heterocycles. The Morgan fingerprint density at radius 1 is 0.667 bits per heavy atom. The van der Waals surface area contributed by atoms with E-state index in [1.165, 1.54) is 16.1 Å². The Morgan fingerprint density at radius 2 is 1.06 bits per heavy atom. The van der Waals surface area contributed by atoms with Crippen LogP contribution in [0.1, 0.15) is 0 Å². The van der Waals surface area contributed by atoms with E-state index in [2.05, 4.69) is 100 Å². The molecule has 0 amide bonds. The summed E-state index contributed by atoms with van der Waals surface area (Å²) in [4.78, 5) is 0. The number of benzene rings is 2. The molecular formula is C12H6Br4I2. The van der Waals surface area contributed by atoms with Crippen LogP contribution in [0.2, 0.25) is 0 Å². The first-order chi connectivity index (χ1) is 8.06. The van der Waals surface area contributed by atoms with Crippen molar-refractivity contribution >= 4 is 63.7 Å². The molecule has 0 bridgehead atoms. The van der Waals surface area contributed by atoms with Gasteiger partial charge in [-0.15, -0.1) is 0 Å². The maximum atomic E-state index is 3.62. The Labute approximate surface area is 167 Å². The Bertz CT molecular complexity index is 508. The molecule has 0 aromatic heterocycles. The van der Waals surface area contributed by atoms with Crippen LogP contribution in [0.5, 0.6) is 0 Å². The van der Waals surface area contributed by atoms with Crippen molar-refractivity contribution < 1.29 is 45.2 Å². The summed E-state index contributed by atoms with van der Waals surface area (Å²) < 4.78 is 7.33. The van der Waals surface area contributed by atoms with Crippen LogP contribution < -0.4 is 45.2 Å². The van der Waals surface area contributed by atoms with Gasteiger partial charge in [0, 0.05) is 8.95 Å². The number of hydrogen-bond acceptors (Lipinski definition) is 0. The zero-order chi connectivity index (χ0) is 12.4. The highest BCUT2D eigenvalue weighted by Gasteiger charge is 2.22. The zero-order valence-corrected chi connectivity index (χ0v) is 19.4. The summed E-state index contributed by atoms with van der Waals surface area (Å²) in [6.45, 7) is 0. The van der Waals surface area contributed by atoms with Gasteiger partial charge in [0.15, 0.2) is 0 Å². The topological polar surface area (TPSA) is 0 Å². The standard InChI is InChI=1S/C12H6Br4I.HI/c13-7-1-3-11(9(15)5-7)17-12-4-2-8(14)6-10(12)16;/h1-6H;1H/q+1;/p-1. The smallest absolute Gasteiger partial charge is 0.360 e. The van der Waals surface area contributed by atoms with Gasteiger partial charge in [-0.25, -0.2) is 0 Å². The highest BCUT2D eigenvalue weighted by molar-refractivity contribution is 9.11. The summed E-state index contributed by atoms with van der Waals surface area (Å²) in [6, 6.07) is 12.7. The molecule has 0 fully saturated rings. The average molecular weight is 724 g/mol. The average Bonchev–Trinajstić information content (AvgIpc) is 2.25. The molecular weight excluding hydrogens is 718 g/mol. The number of rotatable bonds is 2. The molecule has 0 unspecified atom stereocenters. The summed E-state index contributed by atoms with van der Waals surface area (Å²) >= 11 is 14.0. The third kappa shape index (κ3) is 4.98. The largest absolute Gasteiger partial charge is 1.00 e. The minimum atomic E-state index is -0.176. The maximum Gasteiger partial charge on any atom is 0.360 e. The Kier molecular flexibility index (Phi) is 8.25. The molecule has 0 aliphatic carbocycles. The molecule has 2 rings (SSSR count). The fourth-order valence-corrected chi connectivity index (χ4v) is 6.48. The molecule has 0 radical (unpaired) electrons. The summed E-state index contributed by atoms with van der Waals surface area (Å²) in [6.07, 6.45) is 0. The first-order valence-corrected chi connectivity index (χ1v) is 9.94. The van der Waals surface area contributed by atoms with Gasteiger partial charge in [-0.05, 0) is 68.3 Å². The molecule has 0 saturated heterocycles. The van der Waals surface area contributed by atoms with Crippen molar-refractivity contribution in [3.05, 3.63) is 61.4 Å². The van der Waals surface area contributed by atoms with Crippen LogP contribution >= 0.6 is 63.7 Å². The maximum absolute atomic E-state index is 3.62. The third-order valence-corrected chi connectivity index (χ3v) is 8.79. The molecule has 0 aliphatic rings. The normalized spacial score (nSPS) is 10.0. The lowest BCUT2D eigenvalue weighted by Crippen LogP contribution is -3.61. The van der Waals surface area contributed by atoms with E-state index in [0.717, 1.165) is 8.95 Å². The predicted octanol–water partition coefficient (Wildman–Crippen LogP) is -0.131. The van der Waals surface area contributed by atoms with Crippen LogP contribution in [-0.2, 0) is 0 Å². The number of hydrogen-bond donors (Lipinski definition) is 0. The van der Waals surface area contributed by atoms with Crippen molar-refractivity contribution in [1.82, 2.24) is 0 Å². The van der Waals surface area contributed by atoms with Gasteiger partial charge in [0.2, 0.25) is 7.14 Å². The van der Waals surface area contributed by atoms with E-state index in [0.29, 0.717) is 0 Å². The molecule has 2 aromatic rings. The SMILES string of the molecule is Brc1ccc([I+]c2ccc(Br)cc2Br)c(Br)c1.[I-]. The molecule has 0 saturated carbocycles. The van der Waals surface area contributed by atoms with E-state index in [4.69, 9.17) is 0 Å². The second-order valence-electron chi connectivity index (χ2n) is 3.21. The van der Waals surface area contributed by atoms with Gasteiger partial charge in [-0.1, -0.05) is 31.9 Å². The van der Waals surface area contributed by atoms with Crippen molar-refractivity contribution in [2.75, 3.05) is 0 Å². The Hall–Kier alpha value is 1.82. The highest BCUT2D eigenvalue weighted by Crippen LogP contribution is 2.18. The van der Waals surface area contributed by atoms with E-state index in [1.54, 1.807) is 0 Å². The van der Waals surface area contributed by atoms with Gasteiger partial charge in [0.1, 0.15) is 0 Å². The molecule has 0 N–H and O–H groups in total. The summed E-state index contributed by atoms with van der Waals surface area (Å²) in [5.74, 6) is 0. The van der Waals surface area contributed by atoms with E-state index in [-0.39, 0.29) is 45.2 Å². The monoisotopic (exact) mass is 720 g/mol. The van der Waals surface area contributed by atoms with Crippen molar-refractivity contribution in [3.63, 3.8) is 0 Å². The fourth-order valence-electron chi connectivity index (χ4n) is 1.20.